The van der Waals surface area contributed by atoms with Gasteiger partial charge >= 0.3 is 0 Å². The van der Waals surface area contributed by atoms with E-state index < -0.39 is 0 Å². The molecule has 0 fully saturated rings. The number of hydrogen-bond donors (Lipinski definition) is 2. The lowest BCUT2D eigenvalue weighted by molar-refractivity contribution is -0.115. The molecule has 0 bridgehead atoms. The predicted molar refractivity (Wildman–Crippen MR) is 71.0 cm³/mol. The van der Waals surface area contributed by atoms with Crippen molar-refractivity contribution in [2.45, 2.75) is 6.92 Å². The fraction of sp³-hybridized carbons (Fsp3) is 0.462. The number of carbonyl (C=O) groups excluding carboxylic acids is 1. The van der Waals surface area contributed by atoms with Gasteiger partial charge in [-0.2, -0.15) is 0 Å². The molecule has 5 nitrogen and oxygen atoms in total. The number of hydrogen-bond acceptors (Lipinski definition) is 4. The van der Waals surface area contributed by atoms with Crippen molar-refractivity contribution < 1.29 is 14.3 Å². The average molecular weight is 252 g/mol. The van der Waals surface area contributed by atoms with Crippen LogP contribution in [0.1, 0.15) is 6.92 Å². The van der Waals surface area contributed by atoms with Gasteiger partial charge in [-0.1, -0.05) is 12.1 Å². The first-order chi connectivity index (χ1) is 8.77. The van der Waals surface area contributed by atoms with Crippen LogP contribution in [0, 0.1) is 0 Å². The van der Waals surface area contributed by atoms with Crippen molar-refractivity contribution in [1.82, 2.24) is 5.32 Å². The Labute approximate surface area is 107 Å². The van der Waals surface area contributed by atoms with Gasteiger partial charge in [-0.05, 0) is 26.1 Å². The SMILES string of the molecule is CCOCCOc1ccccc1NC(=O)CNC. The second kappa shape index (κ2) is 8.49. The van der Waals surface area contributed by atoms with Crippen molar-refractivity contribution in [1.29, 1.82) is 0 Å². The zero-order valence-electron chi connectivity index (χ0n) is 10.9. The minimum absolute atomic E-state index is 0.0987. The monoisotopic (exact) mass is 252 g/mol. The first-order valence-electron chi connectivity index (χ1n) is 6.02. The Morgan fingerprint density at radius 2 is 2.06 bits per heavy atom. The number of para-hydroxylation sites is 2. The molecule has 1 rings (SSSR count). The quantitative estimate of drug-likeness (QED) is 0.684. The third kappa shape index (κ3) is 5.16. The summed E-state index contributed by atoms with van der Waals surface area (Å²) < 4.78 is 10.8. The maximum Gasteiger partial charge on any atom is 0.238 e. The molecule has 0 saturated heterocycles. The lowest BCUT2D eigenvalue weighted by Crippen LogP contribution is -2.25. The highest BCUT2D eigenvalue weighted by atomic mass is 16.5. The van der Waals surface area contributed by atoms with Gasteiger partial charge in [-0.3, -0.25) is 4.79 Å². The van der Waals surface area contributed by atoms with Gasteiger partial charge in [0.05, 0.1) is 18.8 Å². The van der Waals surface area contributed by atoms with Crippen molar-refractivity contribution in [2.75, 3.05) is 38.7 Å². The van der Waals surface area contributed by atoms with Gasteiger partial charge in [0.15, 0.2) is 0 Å². The normalized spacial score (nSPS) is 10.1. The second-order valence-electron chi connectivity index (χ2n) is 3.62. The van der Waals surface area contributed by atoms with E-state index in [2.05, 4.69) is 10.6 Å². The molecule has 0 unspecified atom stereocenters. The Morgan fingerprint density at radius 1 is 1.28 bits per heavy atom. The van der Waals surface area contributed by atoms with Crippen LogP contribution in [0.4, 0.5) is 5.69 Å². The van der Waals surface area contributed by atoms with E-state index in [9.17, 15) is 4.79 Å². The van der Waals surface area contributed by atoms with Gasteiger partial charge < -0.3 is 20.1 Å². The predicted octanol–water partition coefficient (Wildman–Crippen LogP) is 1.26. The summed E-state index contributed by atoms with van der Waals surface area (Å²) >= 11 is 0. The highest BCUT2D eigenvalue weighted by molar-refractivity contribution is 5.93. The molecule has 0 aliphatic carbocycles. The standard InChI is InChI=1S/C13H20N2O3/c1-3-17-8-9-18-12-7-5-4-6-11(12)15-13(16)10-14-2/h4-7,14H,3,8-10H2,1-2H3,(H,15,16). The Hall–Kier alpha value is -1.59. The molecule has 0 radical (unpaired) electrons. The van der Waals surface area contributed by atoms with Crippen LogP contribution in [-0.2, 0) is 9.53 Å². The summed E-state index contributed by atoms with van der Waals surface area (Å²) in [5.41, 5.74) is 0.675. The molecule has 5 heteroatoms. The third-order valence-electron chi connectivity index (χ3n) is 2.19. The summed E-state index contributed by atoms with van der Waals surface area (Å²) in [5, 5.41) is 5.58. The van der Waals surface area contributed by atoms with Crippen molar-refractivity contribution in [3.05, 3.63) is 24.3 Å². The molecule has 0 aliphatic heterocycles. The van der Waals surface area contributed by atoms with Gasteiger partial charge in [-0.25, -0.2) is 0 Å². The van der Waals surface area contributed by atoms with Gasteiger partial charge in [0, 0.05) is 6.61 Å². The first-order valence-corrected chi connectivity index (χ1v) is 6.02. The van der Waals surface area contributed by atoms with Gasteiger partial charge in [0.25, 0.3) is 0 Å². The molecule has 0 atom stereocenters. The molecule has 18 heavy (non-hydrogen) atoms. The van der Waals surface area contributed by atoms with Gasteiger partial charge in [-0.15, -0.1) is 0 Å². The lowest BCUT2D eigenvalue weighted by Gasteiger charge is -2.12. The number of benzene rings is 1. The second-order valence-corrected chi connectivity index (χ2v) is 3.62. The van der Waals surface area contributed by atoms with Crippen LogP contribution in [0.3, 0.4) is 0 Å². The number of nitrogens with one attached hydrogen (secondary N) is 2. The summed E-state index contributed by atoms with van der Waals surface area (Å²) in [6.07, 6.45) is 0. The Balaban J connectivity index is 2.53. The Bertz CT molecular complexity index is 369. The molecular formula is C13H20N2O3. The van der Waals surface area contributed by atoms with Crippen molar-refractivity contribution in [3.8, 4) is 5.75 Å². The molecule has 1 aromatic carbocycles. The molecule has 0 saturated carbocycles. The summed E-state index contributed by atoms with van der Waals surface area (Å²) in [6.45, 7) is 3.88. The maximum atomic E-state index is 11.5. The van der Waals surface area contributed by atoms with Crippen molar-refractivity contribution >= 4 is 11.6 Å². The van der Waals surface area contributed by atoms with E-state index in [1.54, 1.807) is 7.05 Å². The zero-order chi connectivity index (χ0) is 13.2. The minimum atomic E-state index is -0.0987. The first kappa shape index (κ1) is 14.5. The third-order valence-corrected chi connectivity index (χ3v) is 2.19. The van der Waals surface area contributed by atoms with Gasteiger partial charge in [0.2, 0.25) is 5.91 Å². The molecular weight excluding hydrogens is 232 g/mol. The molecule has 1 aromatic rings. The van der Waals surface area contributed by atoms with Crippen LogP contribution in [0.25, 0.3) is 0 Å². The van der Waals surface area contributed by atoms with Crippen molar-refractivity contribution in [2.24, 2.45) is 0 Å². The number of anilines is 1. The van der Waals surface area contributed by atoms with E-state index in [1.165, 1.54) is 0 Å². The molecule has 100 valence electrons. The molecule has 0 aliphatic rings. The summed E-state index contributed by atoms with van der Waals surface area (Å²) in [5.74, 6) is 0.556. The summed E-state index contributed by atoms with van der Waals surface area (Å²) in [4.78, 5) is 11.5. The lowest BCUT2D eigenvalue weighted by atomic mass is 10.3. The molecule has 2 N–H and O–H groups in total. The zero-order valence-corrected chi connectivity index (χ0v) is 10.9. The van der Waals surface area contributed by atoms with E-state index in [1.807, 2.05) is 31.2 Å². The van der Waals surface area contributed by atoms with E-state index in [-0.39, 0.29) is 12.5 Å². The number of ether oxygens (including phenoxy) is 2. The van der Waals surface area contributed by atoms with Crippen LogP contribution in [0.2, 0.25) is 0 Å². The van der Waals surface area contributed by atoms with Gasteiger partial charge in [0.1, 0.15) is 12.4 Å². The molecule has 1 amide bonds. The van der Waals surface area contributed by atoms with Crippen LogP contribution < -0.4 is 15.4 Å². The largest absolute Gasteiger partial charge is 0.489 e. The molecule has 0 spiro atoms. The fourth-order valence-electron chi connectivity index (χ4n) is 1.41. The number of carbonyl (C=O) groups is 1. The van der Waals surface area contributed by atoms with Crippen LogP contribution in [-0.4, -0.2) is 39.3 Å². The number of likely N-dealkylation sites (N-methyl/N-ethyl adjacent to an activating group) is 1. The van der Waals surface area contributed by atoms with E-state index in [0.717, 1.165) is 0 Å². The van der Waals surface area contributed by atoms with Crippen LogP contribution >= 0.6 is 0 Å². The highest BCUT2D eigenvalue weighted by Gasteiger charge is 2.06. The fourth-order valence-corrected chi connectivity index (χ4v) is 1.41. The number of amides is 1. The Kier molecular flexibility index (Phi) is 6.83. The van der Waals surface area contributed by atoms with Crippen LogP contribution in [0.5, 0.6) is 5.75 Å². The summed E-state index contributed by atoms with van der Waals surface area (Å²) in [7, 11) is 1.73. The molecule has 0 aromatic heterocycles. The van der Waals surface area contributed by atoms with E-state index >= 15 is 0 Å². The van der Waals surface area contributed by atoms with Crippen LogP contribution in [0.15, 0.2) is 24.3 Å². The highest BCUT2D eigenvalue weighted by Crippen LogP contribution is 2.23. The summed E-state index contributed by atoms with van der Waals surface area (Å²) in [6, 6.07) is 7.35. The Morgan fingerprint density at radius 3 is 2.78 bits per heavy atom. The minimum Gasteiger partial charge on any atom is -0.489 e. The molecule has 0 heterocycles. The van der Waals surface area contributed by atoms with E-state index in [0.29, 0.717) is 31.3 Å². The maximum absolute atomic E-state index is 11.5. The number of rotatable bonds is 8. The van der Waals surface area contributed by atoms with Crippen molar-refractivity contribution in [3.63, 3.8) is 0 Å². The topological polar surface area (TPSA) is 59.6 Å². The average Bonchev–Trinajstić information content (AvgIpc) is 2.37. The smallest absolute Gasteiger partial charge is 0.238 e. The van der Waals surface area contributed by atoms with E-state index in [4.69, 9.17) is 9.47 Å².